The minimum atomic E-state index is 0.740. The Kier molecular flexibility index (Phi) is 4.72. The molecule has 2 aromatic rings. The topological polar surface area (TPSA) is 47.7 Å². The number of hydrogen-bond acceptors (Lipinski definition) is 5. The zero-order valence-electron chi connectivity index (χ0n) is 12.5. The Morgan fingerprint density at radius 2 is 2.14 bits per heavy atom. The Labute approximate surface area is 124 Å². The molecule has 3 rings (SSSR count). The normalized spacial score (nSPS) is 16.4. The lowest BCUT2D eigenvalue weighted by molar-refractivity contribution is 0.0308. The van der Waals surface area contributed by atoms with Crippen LogP contribution >= 0.6 is 0 Å². The summed E-state index contributed by atoms with van der Waals surface area (Å²) in [4.78, 5) is 6.84. The van der Waals surface area contributed by atoms with Crippen molar-refractivity contribution in [3.63, 3.8) is 0 Å². The van der Waals surface area contributed by atoms with Gasteiger partial charge in [0.1, 0.15) is 11.3 Å². The molecule has 1 fully saturated rings. The van der Waals surface area contributed by atoms with Gasteiger partial charge in [0.15, 0.2) is 5.58 Å². The van der Waals surface area contributed by atoms with Crippen molar-refractivity contribution in [3.8, 4) is 5.75 Å². The Hall–Kier alpha value is -1.59. The molecule has 1 aromatic carbocycles. The Morgan fingerprint density at radius 1 is 1.29 bits per heavy atom. The maximum atomic E-state index is 5.84. The highest BCUT2D eigenvalue weighted by molar-refractivity contribution is 5.74. The van der Waals surface area contributed by atoms with Crippen molar-refractivity contribution in [2.24, 2.45) is 0 Å². The fourth-order valence-electron chi connectivity index (χ4n) is 2.39. The molecule has 0 aliphatic carbocycles. The summed E-state index contributed by atoms with van der Waals surface area (Å²) in [6.07, 6.45) is 2.20. The molecule has 1 aromatic heterocycles. The van der Waals surface area contributed by atoms with Gasteiger partial charge in [-0.1, -0.05) is 13.3 Å². The van der Waals surface area contributed by atoms with Crippen LogP contribution in [0.3, 0.4) is 0 Å². The highest BCUT2D eigenvalue weighted by Crippen LogP contribution is 2.22. The average molecular weight is 290 g/mol. The summed E-state index contributed by atoms with van der Waals surface area (Å²) < 4.78 is 16.9. The molecular weight excluding hydrogens is 268 g/mol. The zero-order valence-corrected chi connectivity index (χ0v) is 12.5. The molecule has 0 radical (unpaired) electrons. The summed E-state index contributed by atoms with van der Waals surface area (Å²) in [6.45, 7) is 7.08. The second kappa shape index (κ2) is 6.91. The number of hydrogen-bond donors (Lipinski definition) is 0. The van der Waals surface area contributed by atoms with Crippen LogP contribution in [0.2, 0.25) is 0 Å². The molecule has 114 valence electrons. The first-order valence-corrected chi connectivity index (χ1v) is 7.67. The minimum Gasteiger partial charge on any atom is -0.493 e. The van der Waals surface area contributed by atoms with Crippen molar-refractivity contribution in [1.29, 1.82) is 0 Å². The molecule has 0 amide bonds. The Morgan fingerprint density at radius 3 is 2.95 bits per heavy atom. The van der Waals surface area contributed by atoms with E-state index in [2.05, 4.69) is 16.8 Å². The van der Waals surface area contributed by atoms with Crippen molar-refractivity contribution in [3.05, 3.63) is 24.1 Å². The molecule has 1 aliphatic rings. The van der Waals surface area contributed by atoms with Crippen molar-refractivity contribution < 1.29 is 13.9 Å². The molecule has 1 aliphatic heterocycles. The average Bonchev–Trinajstić information content (AvgIpc) is 2.90. The quantitative estimate of drug-likeness (QED) is 0.766. The molecule has 0 bridgehead atoms. The number of nitrogens with zero attached hydrogens (tertiary/aromatic N) is 2. The number of benzene rings is 1. The second-order valence-corrected chi connectivity index (χ2v) is 5.33. The number of morpholine rings is 1. The summed E-state index contributed by atoms with van der Waals surface area (Å²) in [6, 6.07) is 5.85. The van der Waals surface area contributed by atoms with E-state index in [1.807, 2.05) is 18.2 Å². The standard InChI is InChI=1S/C16H22N2O3/c1-2-3-8-20-13-4-5-14-15(11-13)21-16(17-14)12-18-6-9-19-10-7-18/h4-5,11H,2-3,6-10,12H2,1H3. The summed E-state index contributed by atoms with van der Waals surface area (Å²) in [7, 11) is 0. The largest absolute Gasteiger partial charge is 0.493 e. The smallest absolute Gasteiger partial charge is 0.209 e. The number of aromatic nitrogens is 1. The fraction of sp³-hybridized carbons (Fsp3) is 0.562. The molecule has 0 N–H and O–H groups in total. The predicted octanol–water partition coefficient (Wildman–Crippen LogP) is 2.84. The lowest BCUT2D eigenvalue weighted by atomic mass is 10.3. The van der Waals surface area contributed by atoms with Crippen LogP contribution < -0.4 is 4.74 Å². The van der Waals surface area contributed by atoms with Crippen LogP contribution in [0.25, 0.3) is 11.1 Å². The Bertz CT molecular complexity index is 576. The lowest BCUT2D eigenvalue weighted by Crippen LogP contribution is -2.35. The summed E-state index contributed by atoms with van der Waals surface area (Å²) in [5, 5.41) is 0. The van der Waals surface area contributed by atoms with Gasteiger partial charge >= 0.3 is 0 Å². The van der Waals surface area contributed by atoms with Crippen molar-refractivity contribution >= 4 is 11.1 Å². The number of rotatable bonds is 6. The molecule has 1 saturated heterocycles. The predicted molar refractivity (Wildman–Crippen MR) is 80.5 cm³/mol. The van der Waals surface area contributed by atoms with Gasteiger partial charge in [-0.05, 0) is 18.6 Å². The first-order chi connectivity index (χ1) is 10.3. The van der Waals surface area contributed by atoms with Gasteiger partial charge < -0.3 is 13.9 Å². The van der Waals surface area contributed by atoms with Gasteiger partial charge in [0.2, 0.25) is 5.89 Å². The van der Waals surface area contributed by atoms with Gasteiger partial charge in [-0.25, -0.2) is 4.98 Å². The highest BCUT2D eigenvalue weighted by atomic mass is 16.5. The van der Waals surface area contributed by atoms with Crippen LogP contribution in [0, 0.1) is 0 Å². The van der Waals surface area contributed by atoms with Crippen molar-refractivity contribution in [2.45, 2.75) is 26.3 Å². The van der Waals surface area contributed by atoms with E-state index in [1.165, 1.54) is 0 Å². The first-order valence-electron chi connectivity index (χ1n) is 7.67. The summed E-state index contributed by atoms with van der Waals surface area (Å²) in [5.74, 6) is 1.61. The Balaban J connectivity index is 1.67. The van der Waals surface area contributed by atoms with E-state index in [0.717, 1.165) is 75.0 Å². The van der Waals surface area contributed by atoms with E-state index < -0.39 is 0 Å². The van der Waals surface area contributed by atoms with E-state index in [9.17, 15) is 0 Å². The van der Waals surface area contributed by atoms with Crippen LogP contribution in [-0.4, -0.2) is 42.8 Å². The van der Waals surface area contributed by atoms with Gasteiger partial charge in [-0.2, -0.15) is 0 Å². The second-order valence-electron chi connectivity index (χ2n) is 5.33. The SMILES string of the molecule is CCCCOc1ccc2nc(CN3CCOCC3)oc2c1. The lowest BCUT2D eigenvalue weighted by Gasteiger charge is -2.24. The molecule has 0 spiro atoms. The van der Waals surface area contributed by atoms with Crippen LogP contribution in [0.15, 0.2) is 22.6 Å². The number of oxazole rings is 1. The number of ether oxygens (including phenoxy) is 2. The van der Waals surface area contributed by atoms with Gasteiger partial charge in [-0.15, -0.1) is 0 Å². The van der Waals surface area contributed by atoms with E-state index in [4.69, 9.17) is 13.9 Å². The van der Waals surface area contributed by atoms with Crippen LogP contribution in [0.1, 0.15) is 25.7 Å². The number of fused-ring (bicyclic) bond motifs is 1. The minimum absolute atomic E-state index is 0.740. The third-order valence-corrected chi connectivity index (χ3v) is 3.63. The molecule has 0 saturated carbocycles. The highest BCUT2D eigenvalue weighted by Gasteiger charge is 2.14. The van der Waals surface area contributed by atoms with Crippen molar-refractivity contribution in [1.82, 2.24) is 9.88 Å². The molecule has 0 unspecified atom stereocenters. The molecule has 5 heteroatoms. The number of unbranched alkanes of at least 4 members (excludes halogenated alkanes) is 1. The maximum absolute atomic E-state index is 5.84. The molecule has 5 nitrogen and oxygen atoms in total. The maximum Gasteiger partial charge on any atom is 0.209 e. The summed E-state index contributed by atoms with van der Waals surface area (Å²) in [5.41, 5.74) is 1.69. The first kappa shape index (κ1) is 14.4. The summed E-state index contributed by atoms with van der Waals surface area (Å²) >= 11 is 0. The van der Waals surface area contributed by atoms with E-state index in [0.29, 0.717) is 0 Å². The van der Waals surface area contributed by atoms with Gasteiger partial charge in [-0.3, -0.25) is 4.90 Å². The fourth-order valence-corrected chi connectivity index (χ4v) is 2.39. The van der Waals surface area contributed by atoms with Gasteiger partial charge in [0.05, 0.1) is 26.4 Å². The molecular formula is C16H22N2O3. The van der Waals surface area contributed by atoms with Crippen molar-refractivity contribution in [2.75, 3.05) is 32.9 Å². The van der Waals surface area contributed by atoms with Crippen LogP contribution in [-0.2, 0) is 11.3 Å². The monoisotopic (exact) mass is 290 g/mol. The zero-order chi connectivity index (χ0) is 14.5. The third kappa shape index (κ3) is 3.74. The van der Waals surface area contributed by atoms with E-state index >= 15 is 0 Å². The van der Waals surface area contributed by atoms with Gasteiger partial charge in [0.25, 0.3) is 0 Å². The van der Waals surface area contributed by atoms with E-state index in [1.54, 1.807) is 0 Å². The van der Waals surface area contributed by atoms with Crippen LogP contribution in [0.5, 0.6) is 5.75 Å². The third-order valence-electron chi connectivity index (χ3n) is 3.63. The molecule has 0 atom stereocenters. The van der Waals surface area contributed by atoms with E-state index in [-0.39, 0.29) is 0 Å². The molecule has 21 heavy (non-hydrogen) atoms. The van der Waals surface area contributed by atoms with Crippen LogP contribution in [0.4, 0.5) is 0 Å². The molecule has 2 heterocycles. The van der Waals surface area contributed by atoms with Gasteiger partial charge in [0, 0.05) is 19.2 Å².